The summed E-state index contributed by atoms with van der Waals surface area (Å²) in [5.41, 5.74) is 0.808. The number of rotatable bonds is 6. The first kappa shape index (κ1) is 26.0. The van der Waals surface area contributed by atoms with Crippen molar-refractivity contribution in [3.63, 3.8) is 0 Å². The van der Waals surface area contributed by atoms with Crippen LogP contribution in [0.15, 0.2) is 12.3 Å². The largest absolute Gasteiger partial charge is 0.495 e. The van der Waals surface area contributed by atoms with Crippen molar-refractivity contribution in [2.75, 3.05) is 47.9 Å². The van der Waals surface area contributed by atoms with E-state index in [1.165, 1.54) is 50.3 Å². The number of fused-ring (bicyclic) bond motifs is 1. The molecule has 1 saturated heterocycles. The fourth-order valence-electron chi connectivity index (χ4n) is 4.22. The number of urea groups is 1. The van der Waals surface area contributed by atoms with Crippen molar-refractivity contribution < 1.29 is 27.5 Å². The Hall–Kier alpha value is -3.03. The molecule has 0 saturated carbocycles. The lowest BCUT2D eigenvalue weighted by molar-refractivity contribution is -0.119. The summed E-state index contributed by atoms with van der Waals surface area (Å²) in [6, 6.07) is -0.196. The molecule has 2 aliphatic rings. The highest BCUT2D eigenvalue weighted by atomic mass is 35.5. The maximum Gasteiger partial charge on any atom is 0.330 e. The van der Waals surface area contributed by atoms with Crippen molar-refractivity contribution in [2.45, 2.75) is 25.6 Å². The molecule has 15 heteroatoms. The van der Waals surface area contributed by atoms with Gasteiger partial charge in [-0.1, -0.05) is 23.2 Å². The van der Waals surface area contributed by atoms with Crippen LogP contribution in [0.2, 0.25) is 10.0 Å². The molecule has 2 aliphatic heterocycles. The van der Waals surface area contributed by atoms with Gasteiger partial charge in [0.05, 0.1) is 50.0 Å². The van der Waals surface area contributed by atoms with Crippen molar-refractivity contribution in [1.82, 2.24) is 15.3 Å². The summed E-state index contributed by atoms with van der Waals surface area (Å²) >= 11 is 13.0. The molecule has 1 fully saturated rings. The van der Waals surface area contributed by atoms with Crippen LogP contribution in [0.4, 0.5) is 22.2 Å². The highest BCUT2D eigenvalue weighted by molar-refractivity contribution is 7.91. The molecule has 0 bridgehead atoms. The summed E-state index contributed by atoms with van der Waals surface area (Å²) in [5, 5.41) is 5.91. The molecule has 194 valence electrons. The standard InChI is InChI=1S/C21H24Cl2N6O6S/c1-10(30)25-12-8-36(32,33)9-13(12)26-20-24-6-11-7-29(21(31)28(2)19(11)27-20)18-16(22)14(34-3)5-15(35-4)17(18)23/h5-6,12-13H,7-9H2,1-4H3,(H,25,30)(H,24,26,27). The van der Waals surface area contributed by atoms with Gasteiger partial charge in [-0.15, -0.1) is 0 Å². The molecule has 2 N–H and O–H groups in total. The minimum absolute atomic E-state index is 0.0564. The Morgan fingerprint density at radius 3 is 2.33 bits per heavy atom. The van der Waals surface area contributed by atoms with E-state index in [-0.39, 0.29) is 57.1 Å². The number of ether oxygens (including phenoxy) is 2. The first-order valence-electron chi connectivity index (χ1n) is 10.7. The topological polar surface area (TPSA) is 143 Å². The normalized spacial score (nSPS) is 20.7. The van der Waals surface area contributed by atoms with Crippen LogP contribution in [0.1, 0.15) is 12.5 Å². The Morgan fingerprint density at radius 1 is 1.14 bits per heavy atom. The molecule has 1 aromatic carbocycles. The van der Waals surface area contributed by atoms with Crippen molar-refractivity contribution in [3.8, 4) is 11.5 Å². The van der Waals surface area contributed by atoms with Crippen molar-refractivity contribution in [2.24, 2.45) is 0 Å². The summed E-state index contributed by atoms with van der Waals surface area (Å²) in [5.74, 6) is 0.303. The third kappa shape index (κ3) is 4.82. The number of methoxy groups -OCH3 is 2. The third-order valence-electron chi connectivity index (χ3n) is 5.88. The first-order chi connectivity index (χ1) is 17.0. The van der Waals surface area contributed by atoms with Gasteiger partial charge in [0.1, 0.15) is 27.4 Å². The van der Waals surface area contributed by atoms with E-state index in [0.29, 0.717) is 11.4 Å². The molecule has 0 spiro atoms. The Bertz CT molecular complexity index is 1310. The maximum atomic E-state index is 13.4. The van der Waals surface area contributed by atoms with Crippen LogP contribution in [0.25, 0.3) is 0 Å². The lowest BCUT2D eigenvalue weighted by Crippen LogP contribution is -2.47. The van der Waals surface area contributed by atoms with Gasteiger partial charge in [-0.2, -0.15) is 4.98 Å². The third-order valence-corrected chi connectivity index (χ3v) is 8.35. The Balaban J connectivity index is 1.65. The van der Waals surface area contributed by atoms with Crippen molar-refractivity contribution >= 4 is 62.4 Å². The van der Waals surface area contributed by atoms with E-state index in [1.807, 2.05) is 0 Å². The quantitative estimate of drug-likeness (QED) is 0.544. The zero-order valence-corrected chi connectivity index (χ0v) is 22.2. The summed E-state index contributed by atoms with van der Waals surface area (Å²) in [7, 11) is 1.05. The Kier molecular flexibility index (Phi) is 7.08. The lowest BCUT2D eigenvalue weighted by Gasteiger charge is -2.35. The zero-order chi connectivity index (χ0) is 26.4. The van der Waals surface area contributed by atoms with E-state index in [1.54, 1.807) is 0 Å². The van der Waals surface area contributed by atoms with Gasteiger partial charge in [0.25, 0.3) is 0 Å². The number of anilines is 3. The average Bonchev–Trinajstić information content (AvgIpc) is 3.09. The SMILES string of the molecule is COc1cc(OC)c(Cl)c(N2Cc3cnc(NC4CS(=O)(=O)CC4NC(C)=O)nc3N(C)C2=O)c1Cl. The van der Waals surface area contributed by atoms with Gasteiger partial charge in [-0.3, -0.25) is 14.6 Å². The fourth-order valence-corrected chi connectivity index (χ4v) is 6.79. The molecule has 12 nitrogen and oxygen atoms in total. The number of benzene rings is 1. The number of amides is 3. The molecular formula is C21H24Cl2N6O6S. The first-order valence-corrected chi connectivity index (χ1v) is 13.3. The number of carbonyl (C=O) groups excluding carboxylic acids is 2. The second-order valence-corrected chi connectivity index (χ2v) is 11.3. The highest BCUT2D eigenvalue weighted by Gasteiger charge is 2.39. The van der Waals surface area contributed by atoms with Crippen LogP contribution >= 0.6 is 23.2 Å². The molecule has 3 amide bonds. The van der Waals surface area contributed by atoms with E-state index in [2.05, 4.69) is 20.6 Å². The molecule has 2 aromatic rings. The van der Waals surface area contributed by atoms with Gasteiger partial charge in [0.15, 0.2) is 9.84 Å². The molecule has 4 rings (SSSR count). The van der Waals surface area contributed by atoms with Gasteiger partial charge in [-0.25, -0.2) is 18.2 Å². The number of hydrogen-bond donors (Lipinski definition) is 2. The van der Waals surface area contributed by atoms with E-state index in [4.69, 9.17) is 32.7 Å². The van der Waals surface area contributed by atoms with E-state index in [0.717, 1.165) is 0 Å². The molecule has 2 unspecified atom stereocenters. The lowest BCUT2D eigenvalue weighted by atomic mass is 10.1. The summed E-state index contributed by atoms with van der Waals surface area (Å²) in [6.07, 6.45) is 1.52. The Labute approximate surface area is 217 Å². The number of nitrogens with one attached hydrogen (secondary N) is 2. The molecule has 1 aromatic heterocycles. The van der Waals surface area contributed by atoms with Gasteiger partial charge in [0.2, 0.25) is 11.9 Å². The number of sulfone groups is 1. The maximum absolute atomic E-state index is 13.4. The summed E-state index contributed by atoms with van der Waals surface area (Å²) in [4.78, 5) is 36.3. The number of hydrogen-bond acceptors (Lipinski definition) is 9. The second-order valence-electron chi connectivity index (χ2n) is 8.36. The van der Waals surface area contributed by atoms with E-state index < -0.39 is 28.0 Å². The van der Waals surface area contributed by atoms with Gasteiger partial charge in [-0.05, 0) is 0 Å². The van der Waals surface area contributed by atoms with E-state index in [9.17, 15) is 18.0 Å². The van der Waals surface area contributed by atoms with Crippen LogP contribution in [0.3, 0.4) is 0 Å². The van der Waals surface area contributed by atoms with Crippen molar-refractivity contribution in [1.29, 1.82) is 0 Å². The second kappa shape index (κ2) is 9.79. The molecule has 36 heavy (non-hydrogen) atoms. The number of nitrogens with zero attached hydrogens (tertiary/aromatic N) is 4. The minimum atomic E-state index is -3.35. The summed E-state index contributed by atoms with van der Waals surface area (Å²) in [6.45, 7) is 1.38. The van der Waals surface area contributed by atoms with Crippen LogP contribution < -0.4 is 29.9 Å². The zero-order valence-electron chi connectivity index (χ0n) is 19.8. The molecule has 0 aliphatic carbocycles. The summed E-state index contributed by atoms with van der Waals surface area (Å²) < 4.78 is 34.9. The van der Waals surface area contributed by atoms with Gasteiger partial charge >= 0.3 is 6.03 Å². The van der Waals surface area contributed by atoms with Gasteiger partial charge in [0, 0.05) is 31.8 Å². The number of aromatic nitrogens is 2. The van der Waals surface area contributed by atoms with E-state index >= 15 is 0 Å². The molecular weight excluding hydrogens is 535 g/mol. The monoisotopic (exact) mass is 558 g/mol. The molecule has 2 atom stereocenters. The minimum Gasteiger partial charge on any atom is -0.495 e. The van der Waals surface area contributed by atoms with Crippen LogP contribution in [-0.4, -0.2) is 75.2 Å². The van der Waals surface area contributed by atoms with Crippen LogP contribution in [0, 0.1) is 0 Å². The van der Waals surface area contributed by atoms with Crippen LogP contribution in [-0.2, 0) is 21.2 Å². The highest BCUT2D eigenvalue weighted by Crippen LogP contribution is 2.47. The Morgan fingerprint density at radius 2 is 1.75 bits per heavy atom. The molecule has 0 radical (unpaired) electrons. The number of carbonyl (C=O) groups is 2. The average molecular weight is 559 g/mol. The number of halogens is 2. The van der Waals surface area contributed by atoms with Gasteiger partial charge < -0.3 is 20.1 Å². The molecule has 3 heterocycles. The van der Waals surface area contributed by atoms with Crippen molar-refractivity contribution in [3.05, 3.63) is 27.9 Å². The van der Waals surface area contributed by atoms with Crippen LogP contribution in [0.5, 0.6) is 11.5 Å². The predicted octanol–water partition coefficient (Wildman–Crippen LogP) is 2.09. The smallest absolute Gasteiger partial charge is 0.330 e. The predicted molar refractivity (Wildman–Crippen MR) is 135 cm³/mol. The fraction of sp³-hybridized carbons (Fsp3) is 0.429.